The maximum Gasteiger partial charge on any atom is 0.302 e. The summed E-state index contributed by atoms with van der Waals surface area (Å²) in [5.41, 5.74) is 3.57. The average molecular weight is 526 g/mol. The lowest BCUT2D eigenvalue weighted by Crippen LogP contribution is -2.55. The molecule has 0 radical (unpaired) electrons. The number of amides is 2. The minimum Gasteiger partial charge on any atom is -0.460 e. The van der Waals surface area contributed by atoms with E-state index < -0.39 is 35.6 Å². The summed E-state index contributed by atoms with van der Waals surface area (Å²) in [5, 5.41) is 2.78. The van der Waals surface area contributed by atoms with Crippen LogP contribution in [0.5, 0.6) is 5.88 Å². The number of primary amides is 1. The first kappa shape index (κ1) is 26.0. The molecule has 3 N–H and O–H groups in total. The molecule has 8 nitrogen and oxygen atoms in total. The van der Waals surface area contributed by atoms with E-state index >= 15 is 0 Å². The number of halogens is 4. The number of pyridine rings is 2. The van der Waals surface area contributed by atoms with Crippen molar-refractivity contribution < 1.29 is 27.5 Å². The monoisotopic (exact) mass is 525 g/mol. The van der Waals surface area contributed by atoms with Gasteiger partial charge in [-0.1, -0.05) is 11.6 Å². The largest absolute Gasteiger partial charge is 0.460 e. The molecular weight excluding hydrogens is 499 g/mol. The van der Waals surface area contributed by atoms with Crippen molar-refractivity contribution in [1.29, 1.82) is 0 Å². The Bertz CT molecular complexity index is 1130. The minimum absolute atomic E-state index is 0.104. The van der Waals surface area contributed by atoms with Crippen LogP contribution in [0.1, 0.15) is 55.5 Å². The van der Waals surface area contributed by atoms with Crippen molar-refractivity contribution in [3.8, 4) is 5.88 Å². The van der Waals surface area contributed by atoms with Crippen molar-refractivity contribution in [2.45, 2.75) is 69.2 Å². The molecule has 4 heterocycles. The Morgan fingerprint density at radius 2 is 1.86 bits per heavy atom. The van der Waals surface area contributed by atoms with Crippen molar-refractivity contribution in [2.24, 2.45) is 5.73 Å². The lowest BCUT2D eigenvalue weighted by molar-refractivity contribution is -0.135. The number of aromatic nitrogens is 2. The van der Waals surface area contributed by atoms with Gasteiger partial charge in [0.15, 0.2) is 12.3 Å². The highest BCUT2D eigenvalue weighted by molar-refractivity contribution is 6.31. The van der Waals surface area contributed by atoms with Gasteiger partial charge < -0.3 is 20.7 Å². The number of nitrogens with two attached hydrogens (primary N) is 1. The standard InChI is InChI=1S/C24H27ClF3N5O3/c1-23(2,36-21-18(25)7-14(11-31-21)24(27,28)12-26)22(35)32-15-8-16-4-5-17(9-15)33(16)19-6-3-13(10-30-19)20(29)34/h3,6-7,10-11,15-17H,4-5,8-9,12H2,1-2H3,(H2,29,34)(H,32,35)/t15-,16+,17-. The van der Waals surface area contributed by atoms with E-state index in [0.717, 1.165) is 30.9 Å². The molecule has 3 atom stereocenters. The third kappa shape index (κ3) is 5.21. The number of fused-ring (bicyclic) bond motifs is 2. The molecule has 2 aliphatic heterocycles. The van der Waals surface area contributed by atoms with Crippen LogP contribution in [0.15, 0.2) is 30.6 Å². The van der Waals surface area contributed by atoms with Crippen LogP contribution in [0.3, 0.4) is 0 Å². The molecule has 2 saturated heterocycles. The molecule has 2 bridgehead atoms. The quantitative estimate of drug-likeness (QED) is 0.543. The SMILES string of the molecule is CC(C)(Oc1ncc(C(F)(F)CF)cc1Cl)C(=O)N[C@H]1C[C@H]2CC[C@@H](C1)N2c1ccc(C(N)=O)cn1. The van der Waals surface area contributed by atoms with E-state index in [2.05, 4.69) is 20.2 Å². The molecular formula is C24H27ClF3N5O3. The van der Waals surface area contributed by atoms with Crippen LogP contribution in [-0.2, 0) is 10.7 Å². The van der Waals surface area contributed by atoms with E-state index in [1.165, 1.54) is 20.0 Å². The van der Waals surface area contributed by atoms with Crippen molar-refractivity contribution in [3.05, 3.63) is 46.7 Å². The van der Waals surface area contributed by atoms with E-state index in [4.69, 9.17) is 22.1 Å². The zero-order valence-electron chi connectivity index (χ0n) is 19.8. The number of piperidine rings is 1. The molecule has 0 aromatic carbocycles. The fourth-order valence-corrected chi connectivity index (χ4v) is 4.98. The number of rotatable bonds is 8. The molecule has 2 amide bonds. The number of hydrogen-bond acceptors (Lipinski definition) is 6. The zero-order chi connectivity index (χ0) is 26.3. The van der Waals surface area contributed by atoms with Gasteiger partial charge in [-0.25, -0.2) is 14.4 Å². The van der Waals surface area contributed by atoms with Crippen LogP contribution in [0.4, 0.5) is 19.0 Å². The van der Waals surface area contributed by atoms with Crippen LogP contribution < -0.4 is 20.7 Å². The number of carbonyl (C=O) groups excluding carboxylic acids is 2. The Labute approximate surface area is 211 Å². The lowest BCUT2D eigenvalue weighted by Gasteiger charge is -2.40. The van der Waals surface area contributed by atoms with Gasteiger partial charge in [0.1, 0.15) is 10.8 Å². The second-order valence-corrected chi connectivity index (χ2v) is 10.1. The van der Waals surface area contributed by atoms with Gasteiger partial charge in [0.25, 0.3) is 5.91 Å². The van der Waals surface area contributed by atoms with Crippen molar-refractivity contribution in [3.63, 3.8) is 0 Å². The van der Waals surface area contributed by atoms with Crippen molar-refractivity contribution >= 4 is 29.2 Å². The normalized spacial score (nSPS) is 21.8. The third-order valence-electron chi connectivity index (χ3n) is 6.66. The molecule has 0 spiro atoms. The van der Waals surface area contributed by atoms with Gasteiger partial charge in [0.2, 0.25) is 11.8 Å². The average Bonchev–Trinajstić information content (AvgIpc) is 3.10. The Balaban J connectivity index is 1.39. The topological polar surface area (TPSA) is 110 Å². The molecule has 2 aliphatic rings. The predicted molar refractivity (Wildman–Crippen MR) is 127 cm³/mol. The predicted octanol–water partition coefficient (Wildman–Crippen LogP) is 3.76. The summed E-state index contributed by atoms with van der Waals surface area (Å²) < 4.78 is 45.4. The summed E-state index contributed by atoms with van der Waals surface area (Å²) in [6.45, 7) is 1.17. The van der Waals surface area contributed by atoms with Crippen LogP contribution >= 0.6 is 11.6 Å². The maximum atomic E-state index is 13.6. The van der Waals surface area contributed by atoms with Gasteiger partial charge in [-0.3, -0.25) is 9.59 Å². The molecule has 2 aromatic heterocycles. The number of ether oxygens (including phenoxy) is 1. The second-order valence-electron chi connectivity index (χ2n) is 9.66. The first-order valence-corrected chi connectivity index (χ1v) is 11.9. The van der Waals surface area contributed by atoms with Crippen molar-refractivity contribution in [1.82, 2.24) is 15.3 Å². The third-order valence-corrected chi connectivity index (χ3v) is 6.93. The summed E-state index contributed by atoms with van der Waals surface area (Å²) in [5.74, 6) is -4.08. The molecule has 194 valence electrons. The molecule has 0 aliphatic carbocycles. The van der Waals surface area contributed by atoms with E-state index in [0.29, 0.717) is 18.4 Å². The Morgan fingerprint density at radius 1 is 1.19 bits per heavy atom. The Kier molecular flexibility index (Phi) is 7.05. The van der Waals surface area contributed by atoms with E-state index in [-0.39, 0.29) is 29.0 Å². The van der Waals surface area contributed by atoms with Gasteiger partial charge in [0.05, 0.1) is 5.56 Å². The lowest BCUT2D eigenvalue weighted by atomic mass is 9.96. The highest BCUT2D eigenvalue weighted by Gasteiger charge is 2.43. The van der Waals surface area contributed by atoms with Crippen LogP contribution in [-0.4, -0.2) is 52.2 Å². The summed E-state index contributed by atoms with van der Waals surface area (Å²) in [4.78, 5) is 34.8. The number of nitrogens with zero attached hydrogens (tertiary/aromatic N) is 3. The fourth-order valence-electron chi connectivity index (χ4n) is 4.78. The summed E-state index contributed by atoms with van der Waals surface area (Å²) in [6, 6.07) is 4.56. The highest BCUT2D eigenvalue weighted by Crippen LogP contribution is 2.39. The number of hydrogen-bond donors (Lipinski definition) is 2. The minimum atomic E-state index is -3.71. The first-order chi connectivity index (χ1) is 16.9. The molecule has 12 heteroatoms. The van der Waals surface area contributed by atoms with Gasteiger partial charge >= 0.3 is 5.92 Å². The van der Waals surface area contributed by atoms with Crippen LogP contribution in [0.25, 0.3) is 0 Å². The molecule has 36 heavy (non-hydrogen) atoms. The van der Waals surface area contributed by atoms with Crippen LogP contribution in [0.2, 0.25) is 5.02 Å². The molecule has 2 fully saturated rings. The van der Waals surface area contributed by atoms with E-state index in [9.17, 15) is 22.8 Å². The number of carbonyl (C=O) groups is 2. The van der Waals surface area contributed by atoms with Crippen molar-refractivity contribution in [2.75, 3.05) is 11.6 Å². The fraction of sp³-hybridized carbons (Fsp3) is 0.500. The maximum absolute atomic E-state index is 13.6. The summed E-state index contributed by atoms with van der Waals surface area (Å²) in [6.07, 6.45) is 5.55. The number of anilines is 1. The smallest absolute Gasteiger partial charge is 0.302 e. The summed E-state index contributed by atoms with van der Waals surface area (Å²) in [7, 11) is 0. The molecule has 4 rings (SSSR count). The Morgan fingerprint density at radius 3 is 2.39 bits per heavy atom. The summed E-state index contributed by atoms with van der Waals surface area (Å²) >= 11 is 6.03. The van der Waals surface area contributed by atoms with Gasteiger partial charge in [-0.15, -0.1) is 0 Å². The molecule has 2 aromatic rings. The Hall–Kier alpha value is -3.08. The van der Waals surface area contributed by atoms with Gasteiger partial charge in [0, 0.05) is 36.1 Å². The first-order valence-electron chi connectivity index (χ1n) is 11.6. The second kappa shape index (κ2) is 9.76. The van der Waals surface area contributed by atoms with Crippen LogP contribution in [0, 0.1) is 0 Å². The number of alkyl halides is 3. The van der Waals surface area contributed by atoms with Gasteiger partial charge in [-0.2, -0.15) is 8.78 Å². The van der Waals surface area contributed by atoms with E-state index in [1.807, 2.05) is 0 Å². The zero-order valence-corrected chi connectivity index (χ0v) is 20.6. The van der Waals surface area contributed by atoms with Gasteiger partial charge in [-0.05, 0) is 57.7 Å². The van der Waals surface area contributed by atoms with E-state index in [1.54, 1.807) is 12.1 Å². The number of nitrogens with one attached hydrogen (secondary N) is 1. The highest BCUT2D eigenvalue weighted by atomic mass is 35.5. The molecule has 0 unspecified atom stereocenters. The molecule has 0 saturated carbocycles.